The van der Waals surface area contributed by atoms with Crippen molar-refractivity contribution in [1.29, 1.82) is 0 Å². The Morgan fingerprint density at radius 3 is 2.56 bits per heavy atom. The SMILES string of the molecule is CN(CC(=O)Nc1ccccc1Cl)C(=O)COC(=O)c1cccn1C. The molecule has 0 spiro atoms. The molecule has 2 rings (SSSR count). The monoisotopic (exact) mass is 363 g/mol. The molecule has 0 saturated heterocycles. The van der Waals surface area contributed by atoms with Crippen LogP contribution in [0.15, 0.2) is 42.6 Å². The Morgan fingerprint density at radius 2 is 1.92 bits per heavy atom. The van der Waals surface area contributed by atoms with Crippen molar-refractivity contribution < 1.29 is 19.1 Å². The molecule has 0 saturated carbocycles. The minimum Gasteiger partial charge on any atom is -0.451 e. The summed E-state index contributed by atoms with van der Waals surface area (Å²) in [5, 5.41) is 3.02. The normalized spacial score (nSPS) is 10.2. The first kappa shape index (κ1) is 18.5. The first-order valence-corrected chi connectivity index (χ1v) is 7.83. The Hall–Kier alpha value is -2.80. The molecular weight excluding hydrogens is 346 g/mol. The average molecular weight is 364 g/mol. The van der Waals surface area contributed by atoms with Crippen LogP contribution in [0.4, 0.5) is 5.69 Å². The number of amides is 2. The zero-order valence-electron chi connectivity index (χ0n) is 13.9. The second kappa shape index (κ2) is 8.34. The Morgan fingerprint density at radius 1 is 1.20 bits per heavy atom. The molecule has 0 fully saturated rings. The van der Waals surface area contributed by atoms with Crippen LogP contribution in [0.1, 0.15) is 10.5 Å². The highest BCUT2D eigenvalue weighted by Crippen LogP contribution is 2.20. The van der Waals surface area contributed by atoms with Crippen molar-refractivity contribution in [3.8, 4) is 0 Å². The van der Waals surface area contributed by atoms with E-state index < -0.39 is 24.4 Å². The highest BCUT2D eigenvalue weighted by molar-refractivity contribution is 6.33. The van der Waals surface area contributed by atoms with Gasteiger partial charge >= 0.3 is 5.97 Å². The Balaban J connectivity index is 1.82. The predicted octanol–water partition coefficient (Wildman–Crippen LogP) is 1.93. The van der Waals surface area contributed by atoms with Crippen molar-refractivity contribution in [1.82, 2.24) is 9.47 Å². The first-order valence-electron chi connectivity index (χ1n) is 7.45. The molecule has 1 heterocycles. The van der Waals surface area contributed by atoms with Gasteiger partial charge in [-0.2, -0.15) is 0 Å². The zero-order valence-corrected chi connectivity index (χ0v) is 14.6. The average Bonchev–Trinajstić information content (AvgIpc) is 3.00. The number of likely N-dealkylation sites (N-methyl/N-ethyl adjacent to an activating group) is 1. The smallest absolute Gasteiger partial charge is 0.355 e. The summed E-state index contributed by atoms with van der Waals surface area (Å²) in [6, 6.07) is 10.1. The van der Waals surface area contributed by atoms with Gasteiger partial charge in [-0.15, -0.1) is 0 Å². The topological polar surface area (TPSA) is 80.6 Å². The maximum Gasteiger partial charge on any atom is 0.355 e. The van der Waals surface area contributed by atoms with Gasteiger partial charge in [-0.1, -0.05) is 23.7 Å². The molecule has 0 aliphatic carbocycles. The standard InChI is InChI=1S/C17H18ClN3O4/c1-20-9-5-8-14(20)17(24)25-11-16(23)21(2)10-15(22)19-13-7-4-3-6-12(13)18/h3-9H,10-11H2,1-2H3,(H,19,22). The first-order chi connectivity index (χ1) is 11.9. The van der Waals surface area contributed by atoms with Crippen molar-refractivity contribution in [3.05, 3.63) is 53.3 Å². The van der Waals surface area contributed by atoms with Crippen molar-refractivity contribution in [2.45, 2.75) is 0 Å². The molecule has 0 bridgehead atoms. The fourth-order valence-corrected chi connectivity index (χ4v) is 2.22. The van der Waals surface area contributed by atoms with E-state index in [0.717, 1.165) is 0 Å². The van der Waals surface area contributed by atoms with E-state index in [1.165, 1.54) is 11.9 Å². The second-order valence-electron chi connectivity index (χ2n) is 5.36. The van der Waals surface area contributed by atoms with Gasteiger partial charge in [0.1, 0.15) is 5.69 Å². The summed E-state index contributed by atoms with van der Waals surface area (Å²) in [6.45, 7) is -0.633. The van der Waals surface area contributed by atoms with E-state index in [4.69, 9.17) is 16.3 Å². The second-order valence-corrected chi connectivity index (χ2v) is 5.77. The molecule has 0 unspecified atom stereocenters. The highest BCUT2D eigenvalue weighted by atomic mass is 35.5. The number of halogens is 1. The van der Waals surface area contributed by atoms with Gasteiger partial charge in [-0.05, 0) is 24.3 Å². The number of benzene rings is 1. The number of anilines is 1. The molecule has 1 aromatic carbocycles. The molecule has 25 heavy (non-hydrogen) atoms. The maximum absolute atomic E-state index is 12.0. The number of aryl methyl sites for hydroxylation is 1. The number of esters is 1. The summed E-state index contributed by atoms with van der Waals surface area (Å²) in [6.07, 6.45) is 1.70. The van der Waals surface area contributed by atoms with Gasteiger partial charge in [-0.3, -0.25) is 9.59 Å². The van der Waals surface area contributed by atoms with Crippen LogP contribution < -0.4 is 5.32 Å². The zero-order chi connectivity index (χ0) is 18.4. The lowest BCUT2D eigenvalue weighted by Crippen LogP contribution is -2.37. The van der Waals surface area contributed by atoms with Gasteiger partial charge in [0.15, 0.2) is 6.61 Å². The van der Waals surface area contributed by atoms with Crippen LogP contribution in [0.5, 0.6) is 0 Å². The number of para-hydroxylation sites is 1. The van der Waals surface area contributed by atoms with Crippen LogP contribution in [-0.4, -0.2) is 47.4 Å². The molecule has 0 aliphatic heterocycles. The van der Waals surface area contributed by atoms with Crippen LogP contribution in [0.2, 0.25) is 5.02 Å². The maximum atomic E-state index is 12.0. The summed E-state index contributed by atoms with van der Waals surface area (Å²) in [5.74, 6) is -1.50. The Labute approximate surface area is 150 Å². The number of nitrogens with zero attached hydrogens (tertiary/aromatic N) is 2. The number of carbonyl (C=O) groups excluding carboxylic acids is 3. The van der Waals surface area contributed by atoms with Gasteiger partial charge in [-0.25, -0.2) is 4.79 Å². The van der Waals surface area contributed by atoms with Gasteiger partial charge in [0, 0.05) is 20.3 Å². The van der Waals surface area contributed by atoms with E-state index in [9.17, 15) is 14.4 Å². The third kappa shape index (κ3) is 5.09. The minimum atomic E-state index is -0.602. The summed E-state index contributed by atoms with van der Waals surface area (Å²) in [4.78, 5) is 37.0. The third-order valence-electron chi connectivity index (χ3n) is 3.43. The quantitative estimate of drug-likeness (QED) is 0.795. The van der Waals surface area contributed by atoms with E-state index in [2.05, 4.69) is 5.32 Å². The summed E-state index contributed by atoms with van der Waals surface area (Å²) in [7, 11) is 3.15. The lowest BCUT2D eigenvalue weighted by Gasteiger charge is -2.17. The van der Waals surface area contributed by atoms with E-state index >= 15 is 0 Å². The molecular formula is C17H18ClN3O4. The number of aromatic nitrogens is 1. The van der Waals surface area contributed by atoms with Gasteiger partial charge in [0.25, 0.3) is 5.91 Å². The van der Waals surface area contributed by atoms with Gasteiger partial charge in [0.2, 0.25) is 5.91 Å². The fourth-order valence-electron chi connectivity index (χ4n) is 2.04. The summed E-state index contributed by atoms with van der Waals surface area (Å²) < 4.78 is 6.56. The van der Waals surface area contributed by atoms with E-state index in [1.807, 2.05) is 0 Å². The van der Waals surface area contributed by atoms with Crippen molar-refractivity contribution in [2.75, 3.05) is 25.5 Å². The van der Waals surface area contributed by atoms with E-state index in [1.54, 1.807) is 54.2 Å². The van der Waals surface area contributed by atoms with E-state index in [-0.39, 0.29) is 6.54 Å². The highest BCUT2D eigenvalue weighted by Gasteiger charge is 2.17. The van der Waals surface area contributed by atoms with Crippen molar-refractivity contribution in [3.63, 3.8) is 0 Å². The predicted molar refractivity (Wildman–Crippen MR) is 93.4 cm³/mol. The van der Waals surface area contributed by atoms with Crippen LogP contribution in [-0.2, 0) is 21.4 Å². The largest absolute Gasteiger partial charge is 0.451 e. The number of hydrogen-bond acceptors (Lipinski definition) is 4. The van der Waals surface area contributed by atoms with Crippen molar-refractivity contribution in [2.24, 2.45) is 7.05 Å². The van der Waals surface area contributed by atoms with Crippen LogP contribution in [0, 0.1) is 0 Å². The van der Waals surface area contributed by atoms with Gasteiger partial charge < -0.3 is 19.5 Å². The molecule has 2 aromatic rings. The Kier molecular flexibility index (Phi) is 6.19. The third-order valence-corrected chi connectivity index (χ3v) is 3.76. The Bertz CT molecular complexity index is 788. The molecule has 1 N–H and O–H groups in total. The molecule has 7 nitrogen and oxygen atoms in total. The van der Waals surface area contributed by atoms with E-state index in [0.29, 0.717) is 16.4 Å². The molecule has 8 heteroatoms. The molecule has 0 atom stereocenters. The van der Waals surface area contributed by atoms with Crippen LogP contribution >= 0.6 is 11.6 Å². The lowest BCUT2D eigenvalue weighted by atomic mass is 10.3. The van der Waals surface area contributed by atoms with Gasteiger partial charge in [0.05, 0.1) is 17.3 Å². The van der Waals surface area contributed by atoms with Crippen LogP contribution in [0.25, 0.3) is 0 Å². The molecule has 0 aliphatic rings. The fraction of sp³-hybridized carbons (Fsp3) is 0.235. The number of ether oxygens (including phenoxy) is 1. The number of hydrogen-bond donors (Lipinski definition) is 1. The molecule has 1 aromatic heterocycles. The lowest BCUT2D eigenvalue weighted by molar-refractivity contribution is -0.136. The number of rotatable bonds is 6. The molecule has 132 valence electrons. The van der Waals surface area contributed by atoms with Crippen molar-refractivity contribution >= 4 is 35.1 Å². The molecule has 0 radical (unpaired) electrons. The minimum absolute atomic E-state index is 0.189. The summed E-state index contributed by atoms with van der Waals surface area (Å²) in [5.41, 5.74) is 0.803. The summed E-state index contributed by atoms with van der Waals surface area (Å²) >= 11 is 5.96. The van der Waals surface area contributed by atoms with Crippen LogP contribution in [0.3, 0.4) is 0 Å². The number of carbonyl (C=O) groups is 3. The molecule has 2 amide bonds. The number of nitrogens with one attached hydrogen (secondary N) is 1.